The summed E-state index contributed by atoms with van der Waals surface area (Å²) in [5.74, 6) is 0.975. The van der Waals surface area contributed by atoms with Crippen LogP contribution < -0.4 is 10.1 Å². The molecule has 0 radical (unpaired) electrons. The van der Waals surface area contributed by atoms with Gasteiger partial charge in [0.1, 0.15) is 5.75 Å². The lowest BCUT2D eigenvalue weighted by atomic mass is 9.81. The zero-order valence-electron chi connectivity index (χ0n) is 14.3. The molecule has 0 aromatic heterocycles. The Hall–Kier alpha value is -1.06. The standard InChI is InChI=1S/C17H30N2O/c1-9-17(4,19(6)7)16(18-5)15-13(3)10-12(2)11-14(15)20-8/h10-11,16,18H,9H2,1-8H3. The highest BCUT2D eigenvalue weighted by molar-refractivity contribution is 5.46. The summed E-state index contributed by atoms with van der Waals surface area (Å²) in [6.07, 6.45) is 1.06. The number of nitrogens with one attached hydrogen (secondary N) is 1. The first-order chi connectivity index (χ1) is 9.31. The summed E-state index contributed by atoms with van der Waals surface area (Å²) in [4.78, 5) is 2.30. The molecule has 1 aromatic carbocycles. The second-order valence-electron chi connectivity index (χ2n) is 6.02. The fourth-order valence-electron chi connectivity index (χ4n) is 3.02. The molecule has 0 aliphatic heterocycles. The highest BCUT2D eigenvalue weighted by Gasteiger charge is 2.37. The topological polar surface area (TPSA) is 24.5 Å². The summed E-state index contributed by atoms with van der Waals surface area (Å²) in [5, 5.41) is 3.50. The smallest absolute Gasteiger partial charge is 0.124 e. The molecule has 114 valence electrons. The monoisotopic (exact) mass is 278 g/mol. The third kappa shape index (κ3) is 2.99. The van der Waals surface area contributed by atoms with Gasteiger partial charge in [0.2, 0.25) is 0 Å². The molecule has 0 aliphatic carbocycles. The van der Waals surface area contributed by atoms with Crippen molar-refractivity contribution in [2.24, 2.45) is 0 Å². The van der Waals surface area contributed by atoms with Crippen molar-refractivity contribution < 1.29 is 4.74 Å². The van der Waals surface area contributed by atoms with Crippen molar-refractivity contribution in [1.82, 2.24) is 10.2 Å². The SMILES string of the molecule is CCC(C)(C(NC)c1c(C)cc(C)cc1OC)N(C)C. The Morgan fingerprint density at radius 2 is 1.90 bits per heavy atom. The first kappa shape index (κ1) is 17.0. The summed E-state index contributed by atoms with van der Waals surface area (Å²) in [5.41, 5.74) is 3.81. The second kappa shape index (κ2) is 6.59. The van der Waals surface area contributed by atoms with Crippen molar-refractivity contribution in [3.63, 3.8) is 0 Å². The van der Waals surface area contributed by atoms with E-state index in [1.807, 2.05) is 7.05 Å². The van der Waals surface area contributed by atoms with Gasteiger partial charge in [0.05, 0.1) is 13.2 Å². The zero-order chi connectivity index (χ0) is 15.5. The lowest BCUT2D eigenvalue weighted by Crippen LogP contribution is -2.50. The van der Waals surface area contributed by atoms with Gasteiger partial charge in [0, 0.05) is 11.1 Å². The van der Waals surface area contributed by atoms with Crippen molar-refractivity contribution in [3.8, 4) is 5.75 Å². The minimum Gasteiger partial charge on any atom is -0.496 e. The van der Waals surface area contributed by atoms with E-state index in [1.165, 1.54) is 16.7 Å². The lowest BCUT2D eigenvalue weighted by molar-refractivity contribution is 0.115. The number of hydrogen-bond donors (Lipinski definition) is 1. The fraction of sp³-hybridized carbons (Fsp3) is 0.647. The number of aryl methyl sites for hydroxylation is 2. The van der Waals surface area contributed by atoms with Crippen LogP contribution in [0.25, 0.3) is 0 Å². The largest absolute Gasteiger partial charge is 0.496 e. The minimum absolute atomic E-state index is 0.0298. The van der Waals surface area contributed by atoms with Crippen LogP contribution in [0.1, 0.15) is 43.0 Å². The molecule has 1 rings (SSSR count). The summed E-state index contributed by atoms with van der Waals surface area (Å²) in [6.45, 7) is 8.81. The number of rotatable bonds is 6. The third-order valence-electron chi connectivity index (χ3n) is 4.65. The van der Waals surface area contributed by atoms with Gasteiger partial charge in [0.15, 0.2) is 0 Å². The Labute approximate surface area is 124 Å². The van der Waals surface area contributed by atoms with Gasteiger partial charge in [-0.2, -0.15) is 0 Å². The maximum Gasteiger partial charge on any atom is 0.124 e. The van der Waals surface area contributed by atoms with Crippen LogP contribution in [0.2, 0.25) is 0 Å². The third-order valence-corrected chi connectivity index (χ3v) is 4.65. The molecule has 20 heavy (non-hydrogen) atoms. The predicted molar refractivity (Wildman–Crippen MR) is 86.7 cm³/mol. The summed E-state index contributed by atoms with van der Waals surface area (Å²) in [6, 6.07) is 4.57. The van der Waals surface area contributed by atoms with Crippen LogP contribution in [0.5, 0.6) is 5.75 Å². The molecule has 0 bridgehead atoms. The van der Waals surface area contributed by atoms with Crippen LogP contribution in [0.3, 0.4) is 0 Å². The van der Waals surface area contributed by atoms with Gasteiger partial charge in [-0.05, 0) is 65.5 Å². The van der Waals surface area contributed by atoms with Gasteiger partial charge < -0.3 is 15.0 Å². The molecule has 0 saturated carbocycles. The molecule has 0 spiro atoms. The van der Waals surface area contributed by atoms with E-state index >= 15 is 0 Å². The van der Waals surface area contributed by atoms with E-state index in [0.29, 0.717) is 0 Å². The molecule has 0 saturated heterocycles. The molecule has 0 fully saturated rings. The molecule has 2 unspecified atom stereocenters. The Kier molecular flexibility index (Phi) is 5.60. The molecule has 0 heterocycles. The van der Waals surface area contributed by atoms with Crippen LogP contribution in [-0.4, -0.2) is 38.7 Å². The van der Waals surface area contributed by atoms with Gasteiger partial charge in [0.25, 0.3) is 0 Å². The maximum atomic E-state index is 5.65. The molecule has 1 aromatic rings. The van der Waals surface area contributed by atoms with Crippen molar-refractivity contribution in [2.75, 3.05) is 28.3 Å². The first-order valence-electron chi connectivity index (χ1n) is 7.31. The Bertz CT molecular complexity index is 457. The Balaban J connectivity index is 3.46. The Morgan fingerprint density at radius 3 is 2.30 bits per heavy atom. The highest BCUT2D eigenvalue weighted by Crippen LogP contribution is 2.39. The molecule has 3 heteroatoms. The maximum absolute atomic E-state index is 5.65. The van der Waals surface area contributed by atoms with Crippen LogP contribution in [0.4, 0.5) is 0 Å². The van der Waals surface area contributed by atoms with E-state index < -0.39 is 0 Å². The van der Waals surface area contributed by atoms with Crippen molar-refractivity contribution >= 4 is 0 Å². The van der Waals surface area contributed by atoms with Crippen molar-refractivity contribution in [1.29, 1.82) is 0 Å². The lowest BCUT2D eigenvalue weighted by Gasteiger charge is -2.43. The molecular weight excluding hydrogens is 248 g/mol. The molecular formula is C17H30N2O. The van der Waals surface area contributed by atoms with E-state index in [2.05, 4.69) is 64.1 Å². The van der Waals surface area contributed by atoms with Gasteiger partial charge in [-0.3, -0.25) is 0 Å². The summed E-state index contributed by atoms with van der Waals surface area (Å²) < 4.78 is 5.65. The van der Waals surface area contributed by atoms with E-state index in [-0.39, 0.29) is 11.6 Å². The van der Waals surface area contributed by atoms with Crippen LogP contribution in [0.15, 0.2) is 12.1 Å². The number of benzene rings is 1. The van der Waals surface area contributed by atoms with E-state index in [4.69, 9.17) is 4.74 Å². The molecule has 3 nitrogen and oxygen atoms in total. The number of ether oxygens (including phenoxy) is 1. The number of likely N-dealkylation sites (N-methyl/N-ethyl adjacent to an activating group) is 2. The van der Waals surface area contributed by atoms with E-state index in [1.54, 1.807) is 7.11 Å². The van der Waals surface area contributed by atoms with Gasteiger partial charge in [-0.25, -0.2) is 0 Å². The number of hydrogen-bond acceptors (Lipinski definition) is 3. The average Bonchev–Trinajstić information content (AvgIpc) is 2.40. The minimum atomic E-state index is 0.0298. The second-order valence-corrected chi connectivity index (χ2v) is 6.02. The summed E-state index contributed by atoms with van der Waals surface area (Å²) in [7, 11) is 8.07. The average molecular weight is 278 g/mol. The number of nitrogens with zero attached hydrogens (tertiary/aromatic N) is 1. The van der Waals surface area contributed by atoms with Gasteiger partial charge in [-0.15, -0.1) is 0 Å². The first-order valence-corrected chi connectivity index (χ1v) is 7.31. The van der Waals surface area contributed by atoms with Crippen LogP contribution in [0, 0.1) is 13.8 Å². The number of methoxy groups -OCH3 is 1. The van der Waals surface area contributed by atoms with Crippen molar-refractivity contribution in [3.05, 3.63) is 28.8 Å². The van der Waals surface area contributed by atoms with Gasteiger partial charge >= 0.3 is 0 Å². The summed E-state index contributed by atoms with van der Waals surface area (Å²) >= 11 is 0. The van der Waals surface area contributed by atoms with E-state index in [0.717, 1.165) is 12.2 Å². The molecule has 1 N–H and O–H groups in total. The molecule has 0 aliphatic rings. The quantitative estimate of drug-likeness (QED) is 0.864. The normalized spacial score (nSPS) is 16.1. The van der Waals surface area contributed by atoms with E-state index in [9.17, 15) is 0 Å². The van der Waals surface area contributed by atoms with Crippen LogP contribution in [-0.2, 0) is 0 Å². The van der Waals surface area contributed by atoms with Gasteiger partial charge in [-0.1, -0.05) is 13.0 Å². The van der Waals surface area contributed by atoms with Crippen LogP contribution >= 0.6 is 0 Å². The van der Waals surface area contributed by atoms with Crippen molar-refractivity contribution in [2.45, 2.75) is 45.7 Å². The predicted octanol–water partition coefficient (Wildman–Crippen LogP) is 3.30. The molecule has 2 atom stereocenters. The zero-order valence-corrected chi connectivity index (χ0v) is 14.3. The Morgan fingerprint density at radius 1 is 1.30 bits per heavy atom. The molecule has 0 amide bonds. The fourth-order valence-corrected chi connectivity index (χ4v) is 3.02. The highest BCUT2D eigenvalue weighted by atomic mass is 16.5.